The third-order valence-electron chi connectivity index (χ3n) is 8.32. The molecule has 2 fully saturated rings. The molecule has 11 heteroatoms. The number of ether oxygens (including phenoxy) is 1. The second-order valence-electron chi connectivity index (χ2n) is 11.2. The van der Waals surface area contributed by atoms with E-state index in [2.05, 4.69) is 19.8 Å². The van der Waals surface area contributed by atoms with Crippen LogP contribution in [-0.4, -0.2) is 58.2 Å². The Morgan fingerprint density at radius 3 is 2.43 bits per heavy atom. The first-order valence-electron chi connectivity index (χ1n) is 14.1. The minimum absolute atomic E-state index is 0.00169. The maximum absolute atomic E-state index is 13.8. The summed E-state index contributed by atoms with van der Waals surface area (Å²) in [6.07, 6.45) is 5.77. The van der Waals surface area contributed by atoms with Crippen LogP contribution in [0.1, 0.15) is 42.4 Å². The first-order chi connectivity index (χ1) is 20.1. The Kier molecular flexibility index (Phi) is 7.22. The maximum Gasteiger partial charge on any atom is 0.267 e. The molecule has 10 nitrogen and oxygen atoms in total. The van der Waals surface area contributed by atoms with Gasteiger partial charge in [-0.2, -0.15) is 10.1 Å². The normalized spacial score (nSPS) is 18.0. The Hall–Kier alpha value is -4.25. The predicted molar refractivity (Wildman–Crippen MR) is 159 cm³/mol. The van der Waals surface area contributed by atoms with E-state index in [9.17, 15) is 13.2 Å². The molecule has 2 aliphatic rings. The van der Waals surface area contributed by atoms with Crippen LogP contribution in [0.15, 0.2) is 71.9 Å². The van der Waals surface area contributed by atoms with Crippen molar-refractivity contribution in [2.24, 2.45) is 7.05 Å². The largest absolute Gasteiger partial charge is 0.472 e. The van der Waals surface area contributed by atoms with Crippen molar-refractivity contribution in [3.63, 3.8) is 0 Å². The van der Waals surface area contributed by atoms with Crippen molar-refractivity contribution in [2.45, 2.75) is 55.9 Å². The number of hydrogen-bond acceptors (Lipinski definition) is 7. The Morgan fingerprint density at radius 1 is 1.05 bits per heavy atom. The number of aryl methyl sites for hydroxylation is 3. The standard InChI is InChI=1S/C31H34N6O4S/c1-21-9-7-10-22(2)28(21)26-17-27(34-30(33-26)35-42(39,40)25-18-32-36(3)20-25)41-24-13-16-37(19-24)29(38)31(14-8-15-31)23-11-5-4-6-12-23/h4-7,9-12,17-18,20,24H,8,13-16,19H2,1-3H3,(H,33,34,35). The van der Waals surface area contributed by atoms with Gasteiger partial charge in [0.15, 0.2) is 0 Å². The first-order valence-corrected chi connectivity index (χ1v) is 15.6. The Bertz CT molecular complexity index is 1710. The molecule has 1 unspecified atom stereocenters. The minimum atomic E-state index is -3.98. The van der Waals surface area contributed by atoms with Crippen molar-refractivity contribution in [1.82, 2.24) is 24.6 Å². The van der Waals surface area contributed by atoms with Crippen molar-refractivity contribution in [3.8, 4) is 17.1 Å². The van der Waals surface area contributed by atoms with Crippen molar-refractivity contribution in [3.05, 3.63) is 83.7 Å². The first kappa shape index (κ1) is 27.9. The number of carbonyl (C=O) groups excluding carboxylic acids is 1. The molecule has 4 aromatic rings. The van der Waals surface area contributed by atoms with Gasteiger partial charge in [-0.3, -0.25) is 9.48 Å². The molecule has 1 atom stereocenters. The van der Waals surface area contributed by atoms with Crippen molar-refractivity contribution < 1.29 is 17.9 Å². The molecule has 0 bridgehead atoms. The molecule has 1 saturated heterocycles. The molecule has 6 rings (SSSR count). The fraction of sp³-hybridized carbons (Fsp3) is 0.355. The van der Waals surface area contributed by atoms with Crippen LogP contribution >= 0.6 is 0 Å². The smallest absolute Gasteiger partial charge is 0.267 e. The van der Waals surface area contributed by atoms with E-state index < -0.39 is 15.4 Å². The van der Waals surface area contributed by atoms with Gasteiger partial charge in [0.25, 0.3) is 10.0 Å². The summed E-state index contributed by atoms with van der Waals surface area (Å²) in [6.45, 7) is 4.99. The third-order valence-corrected chi connectivity index (χ3v) is 9.60. The summed E-state index contributed by atoms with van der Waals surface area (Å²) in [7, 11) is -2.34. The van der Waals surface area contributed by atoms with Crippen LogP contribution in [-0.2, 0) is 27.3 Å². The van der Waals surface area contributed by atoms with Gasteiger partial charge in [-0.05, 0) is 43.4 Å². The van der Waals surface area contributed by atoms with Crippen LogP contribution in [0.4, 0.5) is 5.95 Å². The minimum Gasteiger partial charge on any atom is -0.472 e. The van der Waals surface area contributed by atoms with Gasteiger partial charge >= 0.3 is 0 Å². The SMILES string of the molecule is Cc1cccc(C)c1-c1cc(OC2CCN(C(=O)C3(c4ccccc4)CCC3)C2)nc(NS(=O)(=O)c2cnn(C)c2)n1. The van der Waals surface area contributed by atoms with Gasteiger partial charge in [0, 0.05) is 37.8 Å². The molecular formula is C31H34N6O4S. The zero-order chi connectivity index (χ0) is 29.5. The third kappa shape index (κ3) is 5.24. The highest BCUT2D eigenvalue weighted by Gasteiger charge is 2.48. The average molecular weight is 587 g/mol. The summed E-state index contributed by atoms with van der Waals surface area (Å²) in [4.78, 5) is 24.7. The fourth-order valence-corrected chi connectivity index (χ4v) is 6.92. The number of amides is 1. The molecule has 218 valence electrons. The number of benzene rings is 2. The summed E-state index contributed by atoms with van der Waals surface area (Å²) in [5.74, 6) is 0.291. The molecule has 1 amide bonds. The molecule has 1 aliphatic heterocycles. The molecule has 0 spiro atoms. The van der Waals surface area contributed by atoms with Gasteiger partial charge in [0.2, 0.25) is 17.7 Å². The van der Waals surface area contributed by atoms with E-state index in [0.29, 0.717) is 25.2 Å². The number of anilines is 1. The predicted octanol–water partition coefficient (Wildman–Crippen LogP) is 4.40. The van der Waals surface area contributed by atoms with Gasteiger partial charge in [0.05, 0.1) is 23.9 Å². The number of carbonyl (C=O) groups is 1. The van der Waals surface area contributed by atoms with Gasteiger partial charge in [-0.25, -0.2) is 18.1 Å². The molecule has 1 N–H and O–H groups in total. The van der Waals surface area contributed by atoms with Gasteiger partial charge < -0.3 is 9.64 Å². The summed E-state index contributed by atoms with van der Waals surface area (Å²) in [6, 6.07) is 17.7. The van der Waals surface area contributed by atoms with Crippen molar-refractivity contribution in [2.75, 3.05) is 17.8 Å². The van der Waals surface area contributed by atoms with Crippen LogP contribution in [0, 0.1) is 13.8 Å². The summed E-state index contributed by atoms with van der Waals surface area (Å²) in [5, 5.41) is 3.97. The monoisotopic (exact) mass is 586 g/mol. The summed E-state index contributed by atoms with van der Waals surface area (Å²) >= 11 is 0. The molecule has 1 saturated carbocycles. The topological polar surface area (TPSA) is 119 Å². The van der Waals surface area contributed by atoms with Crippen LogP contribution in [0.25, 0.3) is 11.3 Å². The Labute approximate surface area is 245 Å². The molecule has 42 heavy (non-hydrogen) atoms. The number of aromatic nitrogens is 4. The van der Waals surface area contributed by atoms with E-state index in [4.69, 9.17) is 4.74 Å². The quantitative estimate of drug-likeness (QED) is 0.325. The van der Waals surface area contributed by atoms with E-state index in [1.54, 1.807) is 13.1 Å². The van der Waals surface area contributed by atoms with Crippen molar-refractivity contribution in [1.29, 1.82) is 0 Å². The molecule has 3 heterocycles. The van der Waals surface area contributed by atoms with E-state index >= 15 is 0 Å². The van der Waals surface area contributed by atoms with E-state index in [-0.39, 0.29) is 28.7 Å². The lowest BCUT2D eigenvalue weighted by Gasteiger charge is -2.43. The van der Waals surface area contributed by atoms with Crippen LogP contribution in [0.2, 0.25) is 0 Å². The number of nitrogens with one attached hydrogen (secondary N) is 1. The molecule has 1 aliphatic carbocycles. The Balaban J connectivity index is 1.27. The molecule has 2 aromatic heterocycles. The summed E-state index contributed by atoms with van der Waals surface area (Å²) in [5.41, 5.74) is 4.02. The molecular weight excluding hydrogens is 552 g/mol. The van der Waals surface area contributed by atoms with Crippen LogP contribution in [0.3, 0.4) is 0 Å². The lowest BCUT2D eigenvalue weighted by atomic mass is 9.63. The zero-order valence-corrected chi connectivity index (χ0v) is 24.8. The van der Waals surface area contributed by atoms with E-state index in [1.807, 2.05) is 67.3 Å². The fourth-order valence-electron chi connectivity index (χ4n) is 5.99. The van der Waals surface area contributed by atoms with Gasteiger partial charge in [-0.15, -0.1) is 0 Å². The van der Waals surface area contributed by atoms with Crippen LogP contribution in [0.5, 0.6) is 5.88 Å². The maximum atomic E-state index is 13.8. The molecule has 2 aromatic carbocycles. The Morgan fingerprint density at radius 2 is 1.79 bits per heavy atom. The van der Waals surface area contributed by atoms with Crippen LogP contribution < -0.4 is 9.46 Å². The number of hydrogen-bond donors (Lipinski definition) is 1. The van der Waals surface area contributed by atoms with E-state index in [1.165, 1.54) is 17.1 Å². The highest BCUT2D eigenvalue weighted by molar-refractivity contribution is 7.92. The summed E-state index contributed by atoms with van der Waals surface area (Å²) < 4.78 is 36.4. The lowest BCUT2D eigenvalue weighted by Crippen LogP contribution is -2.50. The number of sulfonamides is 1. The van der Waals surface area contributed by atoms with Gasteiger partial charge in [-0.1, -0.05) is 55.0 Å². The van der Waals surface area contributed by atoms with Crippen molar-refractivity contribution >= 4 is 21.9 Å². The second-order valence-corrected chi connectivity index (χ2v) is 12.9. The lowest BCUT2D eigenvalue weighted by molar-refractivity contribution is -0.140. The number of likely N-dealkylation sites (tertiary alicyclic amines) is 1. The number of rotatable bonds is 8. The number of nitrogens with zero attached hydrogens (tertiary/aromatic N) is 5. The van der Waals surface area contributed by atoms with Gasteiger partial charge in [0.1, 0.15) is 11.0 Å². The second kappa shape index (κ2) is 10.9. The highest BCUT2D eigenvalue weighted by atomic mass is 32.2. The molecule has 0 radical (unpaired) electrons. The van der Waals surface area contributed by atoms with E-state index in [0.717, 1.165) is 41.5 Å². The average Bonchev–Trinajstić information content (AvgIpc) is 3.58. The zero-order valence-electron chi connectivity index (χ0n) is 23.9. The highest BCUT2D eigenvalue weighted by Crippen LogP contribution is 2.45.